The maximum atomic E-state index is 12.5. The lowest BCUT2D eigenvalue weighted by Gasteiger charge is -2.27. The normalized spacial score (nSPS) is 23.8. The summed E-state index contributed by atoms with van der Waals surface area (Å²) in [6.45, 7) is 5.12. The Balaban J connectivity index is 1.89. The van der Waals surface area contributed by atoms with Crippen LogP contribution in [-0.2, 0) is 11.0 Å². The van der Waals surface area contributed by atoms with Gasteiger partial charge in [0.15, 0.2) is 0 Å². The van der Waals surface area contributed by atoms with Crippen molar-refractivity contribution in [2.24, 2.45) is 11.8 Å². The van der Waals surface area contributed by atoms with Crippen LogP contribution in [0, 0.1) is 18.8 Å². The van der Waals surface area contributed by atoms with Gasteiger partial charge in [0.05, 0.1) is 12.0 Å². The van der Waals surface area contributed by atoms with Gasteiger partial charge in [0.25, 0.3) is 0 Å². The van der Waals surface area contributed by atoms with Gasteiger partial charge in [0, 0.05) is 6.54 Å². The fraction of sp³-hybridized carbons (Fsp3) is 0.647. The molecule has 1 aromatic carbocycles. The van der Waals surface area contributed by atoms with Crippen LogP contribution >= 0.6 is 0 Å². The number of hydrogen-bond acceptors (Lipinski definition) is 2. The summed E-state index contributed by atoms with van der Waals surface area (Å²) in [5.41, 5.74) is 1.10. The molecule has 0 aromatic heterocycles. The van der Waals surface area contributed by atoms with Crippen molar-refractivity contribution in [3.8, 4) is 5.75 Å². The summed E-state index contributed by atoms with van der Waals surface area (Å²) in [7, 11) is 0.430. The van der Waals surface area contributed by atoms with Gasteiger partial charge in [-0.25, -0.2) is 8.93 Å². The quantitative estimate of drug-likeness (QED) is 0.867. The zero-order valence-electron chi connectivity index (χ0n) is 13.4. The molecule has 0 spiro atoms. The van der Waals surface area contributed by atoms with E-state index >= 15 is 0 Å². The SMILES string of the molecule is CCC1CCC(CNS(=O)c2cc(C)ccc2OC)CC1. The molecule has 4 heteroatoms. The van der Waals surface area contributed by atoms with Crippen molar-refractivity contribution in [2.45, 2.75) is 50.8 Å². The molecule has 0 amide bonds. The molecule has 0 bridgehead atoms. The third kappa shape index (κ3) is 4.55. The first-order chi connectivity index (χ1) is 10.1. The molecule has 1 aliphatic carbocycles. The minimum Gasteiger partial charge on any atom is -0.495 e. The molecule has 1 aromatic rings. The van der Waals surface area contributed by atoms with Crippen LogP contribution in [0.15, 0.2) is 23.1 Å². The van der Waals surface area contributed by atoms with E-state index in [0.29, 0.717) is 11.7 Å². The van der Waals surface area contributed by atoms with E-state index in [1.807, 2.05) is 25.1 Å². The van der Waals surface area contributed by atoms with E-state index in [2.05, 4.69) is 11.6 Å². The number of rotatable bonds is 6. The van der Waals surface area contributed by atoms with Crippen molar-refractivity contribution in [1.82, 2.24) is 4.72 Å². The predicted octanol–water partition coefficient (Wildman–Crippen LogP) is 3.83. The molecule has 2 rings (SSSR count). The molecule has 3 nitrogen and oxygen atoms in total. The van der Waals surface area contributed by atoms with Gasteiger partial charge in [-0.2, -0.15) is 0 Å². The van der Waals surface area contributed by atoms with Gasteiger partial charge in [0.2, 0.25) is 0 Å². The van der Waals surface area contributed by atoms with Gasteiger partial charge in [0.1, 0.15) is 16.7 Å². The first-order valence-corrected chi connectivity index (χ1v) is 9.09. The summed E-state index contributed by atoms with van der Waals surface area (Å²) >= 11 is 0. The van der Waals surface area contributed by atoms with Crippen molar-refractivity contribution in [1.29, 1.82) is 0 Å². The van der Waals surface area contributed by atoms with E-state index in [9.17, 15) is 4.21 Å². The van der Waals surface area contributed by atoms with Crippen LogP contribution in [0.5, 0.6) is 5.75 Å². The van der Waals surface area contributed by atoms with Gasteiger partial charge < -0.3 is 4.74 Å². The summed E-state index contributed by atoms with van der Waals surface area (Å²) < 4.78 is 21.0. The molecule has 1 unspecified atom stereocenters. The Hall–Kier alpha value is -0.870. The van der Waals surface area contributed by atoms with Gasteiger partial charge in [-0.15, -0.1) is 0 Å². The number of methoxy groups -OCH3 is 1. The Kier molecular flexibility index (Phi) is 6.24. The topological polar surface area (TPSA) is 38.3 Å². The Bertz CT molecular complexity index is 482. The smallest absolute Gasteiger partial charge is 0.136 e. The predicted molar refractivity (Wildman–Crippen MR) is 87.9 cm³/mol. The van der Waals surface area contributed by atoms with E-state index in [4.69, 9.17) is 4.74 Å². The molecule has 0 saturated heterocycles. The first-order valence-electron chi connectivity index (χ1n) is 7.94. The fourth-order valence-electron chi connectivity index (χ4n) is 3.04. The molecule has 1 fully saturated rings. The number of hydrogen-bond donors (Lipinski definition) is 1. The van der Waals surface area contributed by atoms with Crippen molar-refractivity contribution < 1.29 is 8.95 Å². The second-order valence-corrected chi connectivity index (χ2v) is 7.33. The Morgan fingerprint density at radius 1 is 1.24 bits per heavy atom. The maximum Gasteiger partial charge on any atom is 0.136 e. The van der Waals surface area contributed by atoms with Crippen LogP contribution in [0.3, 0.4) is 0 Å². The van der Waals surface area contributed by atoms with Crippen LogP contribution in [0.1, 0.15) is 44.6 Å². The molecule has 1 atom stereocenters. The highest BCUT2D eigenvalue weighted by Crippen LogP contribution is 2.30. The average Bonchev–Trinajstić information content (AvgIpc) is 2.53. The van der Waals surface area contributed by atoms with E-state index in [1.54, 1.807) is 7.11 Å². The fourth-order valence-corrected chi connectivity index (χ4v) is 4.21. The van der Waals surface area contributed by atoms with E-state index < -0.39 is 11.0 Å². The summed E-state index contributed by atoms with van der Waals surface area (Å²) in [5.74, 6) is 2.26. The maximum absolute atomic E-state index is 12.5. The van der Waals surface area contributed by atoms with Crippen LogP contribution in [0.25, 0.3) is 0 Å². The largest absolute Gasteiger partial charge is 0.495 e. The van der Waals surface area contributed by atoms with Crippen molar-refractivity contribution in [2.75, 3.05) is 13.7 Å². The summed E-state index contributed by atoms with van der Waals surface area (Å²) in [6, 6.07) is 5.80. The van der Waals surface area contributed by atoms with Crippen molar-refractivity contribution in [3.05, 3.63) is 23.8 Å². The van der Waals surface area contributed by atoms with Gasteiger partial charge >= 0.3 is 0 Å². The van der Waals surface area contributed by atoms with Crippen LogP contribution in [0.2, 0.25) is 0 Å². The van der Waals surface area contributed by atoms with Crippen LogP contribution in [-0.4, -0.2) is 17.9 Å². The highest BCUT2D eigenvalue weighted by Gasteiger charge is 2.21. The number of benzene rings is 1. The Morgan fingerprint density at radius 3 is 2.52 bits per heavy atom. The second-order valence-electron chi connectivity index (χ2n) is 6.07. The lowest BCUT2D eigenvalue weighted by Crippen LogP contribution is -2.28. The van der Waals surface area contributed by atoms with E-state index in [1.165, 1.54) is 32.1 Å². The van der Waals surface area contributed by atoms with E-state index in [0.717, 1.165) is 22.9 Å². The number of nitrogens with one attached hydrogen (secondary N) is 1. The second kappa shape index (κ2) is 7.95. The summed E-state index contributed by atoms with van der Waals surface area (Å²) in [5, 5.41) is 0. The first kappa shape index (κ1) is 16.5. The lowest BCUT2D eigenvalue weighted by atomic mass is 9.81. The lowest BCUT2D eigenvalue weighted by molar-refractivity contribution is 0.270. The number of aryl methyl sites for hydroxylation is 1. The molecule has 1 saturated carbocycles. The van der Waals surface area contributed by atoms with Gasteiger partial charge in [-0.1, -0.05) is 32.3 Å². The van der Waals surface area contributed by atoms with E-state index in [-0.39, 0.29) is 0 Å². The highest BCUT2D eigenvalue weighted by atomic mass is 32.2. The third-order valence-electron chi connectivity index (χ3n) is 4.57. The highest BCUT2D eigenvalue weighted by molar-refractivity contribution is 7.83. The minimum atomic E-state index is -1.19. The Labute approximate surface area is 131 Å². The summed E-state index contributed by atoms with van der Waals surface area (Å²) in [6.07, 6.45) is 6.46. The minimum absolute atomic E-state index is 0.660. The van der Waals surface area contributed by atoms with Gasteiger partial charge in [-0.3, -0.25) is 0 Å². The van der Waals surface area contributed by atoms with Crippen molar-refractivity contribution in [3.63, 3.8) is 0 Å². The zero-order chi connectivity index (χ0) is 15.2. The molecular formula is C17H27NO2S. The summed E-state index contributed by atoms with van der Waals surface area (Å²) in [4.78, 5) is 0.750. The average molecular weight is 309 g/mol. The molecular weight excluding hydrogens is 282 g/mol. The molecule has 1 aliphatic rings. The molecule has 1 N–H and O–H groups in total. The number of ether oxygens (including phenoxy) is 1. The zero-order valence-corrected chi connectivity index (χ0v) is 14.2. The monoisotopic (exact) mass is 309 g/mol. The van der Waals surface area contributed by atoms with Crippen molar-refractivity contribution >= 4 is 11.0 Å². The molecule has 21 heavy (non-hydrogen) atoms. The molecule has 118 valence electrons. The van der Waals surface area contributed by atoms with Gasteiger partial charge in [-0.05, 0) is 49.3 Å². The standard InChI is InChI=1S/C17H27NO2S/c1-4-14-6-8-15(9-7-14)12-18-21(19)17-11-13(2)5-10-16(17)20-3/h5,10-11,14-15,18H,4,6-9,12H2,1-3H3. The van der Waals surface area contributed by atoms with Crippen LogP contribution in [0.4, 0.5) is 0 Å². The Morgan fingerprint density at radius 2 is 1.90 bits per heavy atom. The van der Waals surface area contributed by atoms with Crippen LogP contribution < -0.4 is 9.46 Å². The molecule has 0 radical (unpaired) electrons. The third-order valence-corrected chi connectivity index (χ3v) is 5.71. The molecule has 0 aliphatic heterocycles. The molecule has 0 heterocycles.